The van der Waals surface area contributed by atoms with Crippen LogP contribution in [0.1, 0.15) is 33.7 Å². The van der Waals surface area contributed by atoms with Crippen molar-refractivity contribution in [1.82, 2.24) is 9.55 Å². The van der Waals surface area contributed by atoms with E-state index >= 15 is 0 Å². The number of benzene rings is 1. The van der Waals surface area contributed by atoms with Crippen molar-refractivity contribution in [2.45, 2.75) is 33.7 Å². The van der Waals surface area contributed by atoms with Crippen molar-refractivity contribution in [1.29, 1.82) is 0 Å². The van der Waals surface area contributed by atoms with Gasteiger partial charge in [0.05, 0.1) is 18.1 Å². The van der Waals surface area contributed by atoms with Gasteiger partial charge in [-0.15, -0.1) is 0 Å². The number of ether oxygens (including phenoxy) is 1. The zero-order chi connectivity index (χ0) is 14.0. The molecule has 0 spiro atoms. The second-order valence-corrected chi connectivity index (χ2v) is 6.92. The summed E-state index contributed by atoms with van der Waals surface area (Å²) in [5, 5.41) is 0. The first-order chi connectivity index (χ1) is 8.80. The highest BCUT2D eigenvalue weighted by Gasteiger charge is 2.66. The summed E-state index contributed by atoms with van der Waals surface area (Å²) >= 11 is 5.52. The maximum Gasteiger partial charge on any atom is 0.178 e. The molecule has 3 nitrogen and oxygen atoms in total. The number of nitrogens with zero attached hydrogens (tertiary/aromatic N) is 1. The van der Waals surface area contributed by atoms with Crippen LogP contribution in [0.4, 0.5) is 0 Å². The molecule has 19 heavy (non-hydrogen) atoms. The maximum absolute atomic E-state index is 5.52. The van der Waals surface area contributed by atoms with Gasteiger partial charge >= 0.3 is 0 Å². The molecule has 4 heteroatoms. The molecule has 1 N–H and O–H groups in total. The van der Waals surface area contributed by atoms with Crippen LogP contribution in [-0.2, 0) is 0 Å². The molecule has 0 saturated heterocycles. The molecule has 102 valence electrons. The maximum atomic E-state index is 5.52. The van der Waals surface area contributed by atoms with E-state index in [2.05, 4.69) is 43.3 Å². The van der Waals surface area contributed by atoms with Crippen molar-refractivity contribution in [2.75, 3.05) is 7.11 Å². The molecule has 0 aliphatic heterocycles. The molecule has 0 unspecified atom stereocenters. The van der Waals surface area contributed by atoms with Gasteiger partial charge < -0.3 is 14.3 Å². The van der Waals surface area contributed by atoms with Gasteiger partial charge in [0.25, 0.3) is 0 Å². The van der Waals surface area contributed by atoms with Crippen LogP contribution in [0.15, 0.2) is 18.2 Å². The van der Waals surface area contributed by atoms with Crippen molar-refractivity contribution in [3.8, 4) is 5.75 Å². The Hall–Kier alpha value is -1.29. The number of imidazole rings is 1. The molecular weight excluding hydrogens is 256 g/mol. The first kappa shape index (κ1) is 12.7. The molecule has 1 aromatic heterocycles. The minimum atomic E-state index is 0.253. The van der Waals surface area contributed by atoms with Gasteiger partial charge in [-0.1, -0.05) is 27.7 Å². The third-order valence-electron chi connectivity index (χ3n) is 5.13. The Kier molecular flexibility index (Phi) is 2.43. The van der Waals surface area contributed by atoms with Crippen molar-refractivity contribution in [2.24, 2.45) is 10.8 Å². The largest absolute Gasteiger partial charge is 0.497 e. The van der Waals surface area contributed by atoms with Gasteiger partial charge in [0.1, 0.15) is 5.75 Å². The monoisotopic (exact) mass is 276 g/mol. The van der Waals surface area contributed by atoms with Crippen LogP contribution < -0.4 is 4.74 Å². The van der Waals surface area contributed by atoms with Crippen LogP contribution in [0.2, 0.25) is 0 Å². The molecule has 1 heterocycles. The smallest absolute Gasteiger partial charge is 0.178 e. The van der Waals surface area contributed by atoms with Crippen molar-refractivity contribution in [3.05, 3.63) is 23.0 Å². The highest BCUT2D eigenvalue weighted by atomic mass is 32.1. The van der Waals surface area contributed by atoms with E-state index in [1.54, 1.807) is 7.11 Å². The average Bonchev–Trinajstić information content (AvgIpc) is 2.63. The molecule has 1 saturated carbocycles. The van der Waals surface area contributed by atoms with E-state index in [0.717, 1.165) is 21.6 Å². The Bertz CT molecular complexity index is 694. The van der Waals surface area contributed by atoms with Gasteiger partial charge in [0.2, 0.25) is 0 Å². The van der Waals surface area contributed by atoms with Gasteiger partial charge in [0, 0.05) is 12.1 Å². The number of hydrogen-bond acceptors (Lipinski definition) is 2. The van der Waals surface area contributed by atoms with Crippen LogP contribution >= 0.6 is 12.2 Å². The molecule has 0 bridgehead atoms. The fourth-order valence-corrected chi connectivity index (χ4v) is 3.61. The third-order valence-corrected chi connectivity index (χ3v) is 5.43. The minimum absolute atomic E-state index is 0.253. The summed E-state index contributed by atoms with van der Waals surface area (Å²) in [5.74, 6) is 0.867. The molecule has 1 aromatic carbocycles. The van der Waals surface area contributed by atoms with E-state index in [1.807, 2.05) is 12.1 Å². The number of nitrogens with one attached hydrogen (secondary N) is 1. The topological polar surface area (TPSA) is 29.9 Å². The first-order valence-electron chi connectivity index (χ1n) is 6.59. The van der Waals surface area contributed by atoms with Gasteiger partial charge in [-0.3, -0.25) is 0 Å². The van der Waals surface area contributed by atoms with E-state index < -0.39 is 0 Å². The normalized spacial score (nSPS) is 20.7. The molecule has 1 fully saturated rings. The fraction of sp³-hybridized carbons (Fsp3) is 0.533. The number of methoxy groups -OCH3 is 1. The van der Waals surface area contributed by atoms with E-state index in [0.29, 0.717) is 6.04 Å². The number of rotatable bonds is 2. The minimum Gasteiger partial charge on any atom is -0.497 e. The molecule has 0 amide bonds. The highest BCUT2D eigenvalue weighted by Crippen LogP contribution is 2.71. The quantitative estimate of drug-likeness (QED) is 0.828. The predicted molar refractivity (Wildman–Crippen MR) is 80.3 cm³/mol. The van der Waals surface area contributed by atoms with Crippen molar-refractivity contribution < 1.29 is 4.74 Å². The summed E-state index contributed by atoms with van der Waals surface area (Å²) in [6, 6.07) is 6.48. The van der Waals surface area contributed by atoms with E-state index in [9.17, 15) is 0 Å². The molecule has 0 atom stereocenters. The second-order valence-electron chi connectivity index (χ2n) is 6.53. The highest BCUT2D eigenvalue weighted by molar-refractivity contribution is 7.71. The SMILES string of the molecule is COc1ccc2[nH]c(=S)n(C3C(C)(C)C3(C)C)c2c1. The van der Waals surface area contributed by atoms with Crippen LogP contribution in [-0.4, -0.2) is 16.7 Å². The number of fused-ring (bicyclic) bond motifs is 1. The van der Waals surface area contributed by atoms with E-state index in [1.165, 1.54) is 0 Å². The Morgan fingerprint density at radius 3 is 2.37 bits per heavy atom. The molecular formula is C15H20N2OS. The second kappa shape index (κ2) is 3.63. The number of aromatic amines is 1. The first-order valence-corrected chi connectivity index (χ1v) is 7.00. The summed E-state index contributed by atoms with van der Waals surface area (Å²) < 4.78 is 8.38. The van der Waals surface area contributed by atoms with Crippen molar-refractivity contribution >= 4 is 23.3 Å². The van der Waals surface area contributed by atoms with Crippen LogP contribution in [0.5, 0.6) is 5.75 Å². The van der Waals surface area contributed by atoms with Gasteiger partial charge in [-0.05, 0) is 35.2 Å². The standard InChI is InChI=1S/C15H20N2OS/c1-14(2)12(15(14,3)4)17-11-8-9(18-5)6-7-10(11)16-13(17)19/h6-8,12H,1-5H3,(H,16,19). The Morgan fingerprint density at radius 2 is 1.84 bits per heavy atom. The lowest BCUT2D eigenvalue weighted by molar-refractivity contribution is 0.415. The molecule has 2 aromatic rings. The Labute approximate surface area is 118 Å². The Morgan fingerprint density at radius 1 is 1.21 bits per heavy atom. The zero-order valence-electron chi connectivity index (χ0n) is 12.1. The lowest BCUT2D eigenvalue weighted by Gasteiger charge is -2.07. The van der Waals surface area contributed by atoms with Crippen LogP contribution in [0, 0.1) is 15.6 Å². The Balaban J connectivity index is 2.25. The molecule has 1 aliphatic carbocycles. The van der Waals surface area contributed by atoms with E-state index in [-0.39, 0.29) is 10.8 Å². The van der Waals surface area contributed by atoms with Gasteiger partial charge in [0.15, 0.2) is 4.77 Å². The lowest BCUT2D eigenvalue weighted by Crippen LogP contribution is -2.00. The van der Waals surface area contributed by atoms with Gasteiger partial charge in [-0.2, -0.15) is 0 Å². The summed E-state index contributed by atoms with van der Waals surface area (Å²) in [4.78, 5) is 3.30. The summed E-state index contributed by atoms with van der Waals surface area (Å²) in [6.07, 6.45) is 0. The number of H-pyrrole nitrogens is 1. The summed E-state index contributed by atoms with van der Waals surface area (Å²) in [5.41, 5.74) is 2.71. The lowest BCUT2D eigenvalue weighted by atomic mass is 10.0. The number of aromatic nitrogens is 2. The van der Waals surface area contributed by atoms with Crippen LogP contribution in [0.25, 0.3) is 11.0 Å². The average molecular weight is 276 g/mol. The summed E-state index contributed by atoms with van der Waals surface area (Å²) in [7, 11) is 1.69. The molecule has 3 rings (SSSR count). The van der Waals surface area contributed by atoms with E-state index in [4.69, 9.17) is 17.0 Å². The third kappa shape index (κ3) is 1.52. The zero-order valence-corrected chi connectivity index (χ0v) is 12.9. The fourth-order valence-electron chi connectivity index (χ4n) is 3.29. The predicted octanol–water partition coefficient (Wildman–Crippen LogP) is 4.31. The molecule has 0 radical (unpaired) electrons. The van der Waals surface area contributed by atoms with Crippen LogP contribution in [0.3, 0.4) is 0 Å². The number of hydrogen-bond donors (Lipinski definition) is 1. The summed E-state index contributed by atoms with van der Waals surface area (Å²) in [6.45, 7) is 9.22. The van der Waals surface area contributed by atoms with Crippen molar-refractivity contribution in [3.63, 3.8) is 0 Å². The van der Waals surface area contributed by atoms with Gasteiger partial charge in [-0.25, -0.2) is 0 Å². The molecule has 1 aliphatic rings.